The first-order chi connectivity index (χ1) is 14.0. The summed E-state index contributed by atoms with van der Waals surface area (Å²) in [5.74, 6) is 0.817. The number of benzene rings is 2. The third kappa shape index (κ3) is 5.57. The van der Waals surface area contributed by atoms with E-state index in [9.17, 15) is 9.59 Å². The van der Waals surface area contributed by atoms with Gasteiger partial charge in [-0.05, 0) is 54.8 Å². The van der Waals surface area contributed by atoms with E-state index < -0.39 is 0 Å². The minimum atomic E-state index is -0.0607. The number of carbonyl (C=O) groups excluding carboxylic acids is 2. The summed E-state index contributed by atoms with van der Waals surface area (Å²) in [6, 6.07) is 14.8. The van der Waals surface area contributed by atoms with Gasteiger partial charge < -0.3 is 19.7 Å². The zero-order chi connectivity index (χ0) is 20.8. The molecule has 0 aromatic heterocycles. The first-order valence-electron chi connectivity index (χ1n) is 9.91. The summed E-state index contributed by atoms with van der Waals surface area (Å²) in [6.07, 6.45) is 0.428. The van der Waals surface area contributed by atoms with Gasteiger partial charge in [-0.15, -0.1) is 0 Å². The van der Waals surface area contributed by atoms with Crippen molar-refractivity contribution >= 4 is 17.5 Å². The van der Waals surface area contributed by atoms with Crippen LogP contribution in [0.25, 0.3) is 0 Å². The van der Waals surface area contributed by atoms with Gasteiger partial charge in [-0.2, -0.15) is 0 Å². The molecule has 0 aliphatic carbocycles. The number of ether oxygens (including phenoxy) is 2. The van der Waals surface area contributed by atoms with Gasteiger partial charge in [0.1, 0.15) is 5.75 Å². The van der Waals surface area contributed by atoms with Gasteiger partial charge in [-0.3, -0.25) is 9.59 Å². The topological polar surface area (TPSA) is 67.9 Å². The number of nitrogens with zero attached hydrogens (tertiary/aromatic N) is 1. The summed E-state index contributed by atoms with van der Waals surface area (Å²) < 4.78 is 10.7. The predicted molar refractivity (Wildman–Crippen MR) is 112 cm³/mol. The van der Waals surface area contributed by atoms with E-state index in [4.69, 9.17) is 9.47 Å². The minimum absolute atomic E-state index is 0.00819. The molecule has 1 saturated heterocycles. The van der Waals surface area contributed by atoms with Crippen LogP contribution in [-0.4, -0.2) is 49.6 Å². The van der Waals surface area contributed by atoms with Crippen LogP contribution in [0.1, 0.15) is 42.1 Å². The number of hydrogen-bond donors (Lipinski definition) is 1. The molecule has 0 saturated carbocycles. The second-order valence-corrected chi connectivity index (χ2v) is 7.44. The van der Waals surface area contributed by atoms with Crippen LogP contribution in [0.3, 0.4) is 0 Å². The number of morpholine rings is 1. The first kappa shape index (κ1) is 20.9. The quantitative estimate of drug-likeness (QED) is 0.809. The van der Waals surface area contributed by atoms with Gasteiger partial charge in [0.15, 0.2) is 0 Å². The molecule has 6 nitrogen and oxygen atoms in total. The SMILES string of the molecule is COc1ccc(C(C)CC(=O)Nc2ccc(C(=O)N3CCOC(C)C3)cc2)cc1. The molecule has 1 heterocycles. The van der Waals surface area contributed by atoms with Crippen LogP contribution >= 0.6 is 0 Å². The molecule has 2 aromatic rings. The number of carbonyl (C=O) groups is 2. The standard InChI is InChI=1S/C23H28N2O4/c1-16(18-6-10-21(28-3)11-7-18)14-22(26)24-20-8-4-19(5-9-20)23(27)25-12-13-29-17(2)15-25/h4-11,16-17H,12-15H2,1-3H3,(H,24,26). The Morgan fingerprint density at radius 3 is 2.48 bits per heavy atom. The van der Waals surface area contributed by atoms with E-state index in [-0.39, 0.29) is 23.8 Å². The zero-order valence-electron chi connectivity index (χ0n) is 17.2. The Morgan fingerprint density at radius 2 is 1.86 bits per heavy atom. The Bertz CT molecular complexity index is 833. The molecule has 3 rings (SSSR count). The predicted octanol–water partition coefficient (Wildman–Crippen LogP) is 3.69. The molecular formula is C23H28N2O4. The van der Waals surface area contributed by atoms with Crippen molar-refractivity contribution in [1.82, 2.24) is 4.90 Å². The maximum absolute atomic E-state index is 12.6. The highest BCUT2D eigenvalue weighted by Gasteiger charge is 2.22. The molecule has 0 bridgehead atoms. The third-order valence-electron chi connectivity index (χ3n) is 5.12. The van der Waals surface area contributed by atoms with Gasteiger partial charge in [0.2, 0.25) is 5.91 Å². The van der Waals surface area contributed by atoms with Crippen LogP contribution in [0.5, 0.6) is 5.75 Å². The molecule has 1 aliphatic rings. The molecule has 1 N–H and O–H groups in total. The normalized spacial score (nSPS) is 17.5. The smallest absolute Gasteiger partial charge is 0.254 e. The molecule has 6 heteroatoms. The second kappa shape index (κ2) is 9.56. The third-order valence-corrected chi connectivity index (χ3v) is 5.12. The van der Waals surface area contributed by atoms with Gasteiger partial charge >= 0.3 is 0 Å². The Kier molecular flexibility index (Phi) is 6.88. The van der Waals surface area contributed by atoms with Crippen LogP contribution in [0.15, 0.2) is 48.5 Å². The monoisotopic (exact) mass is 396 g/mol. The van der Waals surface area contributed by atoms with Crippen molar-refractivity contribution in [2.75, 3.05) is 32.1 Å². The summed E-state index contributed by atoms with van der Waals surface area (Å²) in [6.45, 7) is 5.75. The van der Waals surface area contributed by atoms with Crippen molar-refractivity contribution in [3.8, 4) is 5.75 Å². The lowest BCUT2D eigenvalue weighted by Gasteiger charge is -2.31. The zero-order valence-corrected chi connectivity index (χ0v) is 17.2. The highest BCUT2D eigenvalue weighted by Crippen LogP contribution is 2.22. The van der Waals surface area contributed by atoms with E-state index in [0.717, 1.165) is 11.3 Å². The molecule has 2 amide bonds. The van der Waals surface area contributed by atoms with Crippen molar-refractivity contribution < 1.29 is 19.1 Å². The summed E-state index contributed by atoms with van der Waals surface area (Å²) >= 11 is 0. The average Bonchev–Trinajstić information content (AvgIpc) is 2.73. The van der Waals surface area contributed by atoms with Crippen molar-refractivity contribution in [3.63, 3.8) is 0 Å². The van der Waals surface area contributed by atoms with E-state index in [0.29, 0.717) is 37.4 Å². The highest BCUT2D eigenvalue weighted by molar-refractivity contribution is 5.96. The molecule has 0 radical (unpaired) electrons. The molecule has 0 spiro atoms. The number of rotatable bonds is 6. The second-order valence-electron chi connectivity index (χ2n) is 7.44. The Labute approximate surface area is 171 Å². The average molecular weight is 396 g/mol. The summed E-state index contributed by atoms with van der Waals surface area (Å²) in [7, 11) is 1.63. The Hall–Kier alpha value is -2.86. The van der Waals surface area contributed by atoms with Crippen LogP contribution in [0, 0.1) is 0 Å². The highest BCUT2D eigenvalue weighted by atomic mass is 16.5. The summed E-state index contributed by atoms with van der Waals surface area (Å²) in [5.41, 5.74) is 2.38. The number of methoxy groups -OCH3 is 1. The van der Waals surface area contributed by atoms with E-state index in [2.05, 4.69) is 5.32 Å². The lowest BCUT2D eigenvalue weighted by Crippen LogP contribution is -2.44. The first-order valence-corrected chi connectivity index (χ1v) is 9.91. The lowest BCUT2D eigenvalue weighted by atomic mass is 9.97. The molecule has 1 aliphatic heterocycles. The fraction of sp³-hybridized carbons (Fsp3) is 0.391. The number of hydrogen-bond acceptors (Lipinski definition) is 4. The van der Waals surface area contributed by atoms with Crippen LogP contribution < -0.4 is 10.1 Å². The fourth-order valence-corrected chi connectivity index (χ4v) is 3.42. The van der Waals surface area contributed by atoms with Crippen molar-refractivity contribution in [3.05, 3.63) is 59.7 Å². The minimum Gasteiger partial charge on any atom is -0.497 e. The number of amides is 2. The van der Waals surface area contributed by atoms with Gasteiger partial charge in [-0.25, -0.2) is 0 Å². The van der Waals surface area contributed by atoms with Gasteiger partial charge in [0.05, 0.1) is 19.8 Å². The molecule has 2 atom stereocenters. The lowest BCUT2D eigenvalue weighted by molar-refractivity contribution is -0.116. The van der Waals surface area contributed by atoms with E-state index in [1.807, 2.05) is 38.1 Å². The van der Waals surface area contributed by atoms with E-state index in [1.54, 1.807) is 36.3 Å². The van der Waals surface area contributed by atoms with E-state index in [1.165, 1.54) is 0 Å². The molecule has 1 fully saturated rings. The summed E-state index contributed by atoms with van der Waals surface area (Å²) in [5, 5.41) is 2.91. The maximum atomic E-state index is 12.6. The Balaban J connectivity index is 1.54. The van der Waals surface area contributed by atoms with Crippen LogP contribution in [0.2, 0.25) is 0 Å². The largest absolute Gasteiger partial charge is 0.497 e. The molecule has 29 heavy (non-hydrogen) atoms. The van der Waals surface area contributed by atoms with Crippen LogP contribution in [-0.2, 0) is 9.53 Å². The maximum Gasteiger partial charge on any atom is 0.254 e. The van der Waals surface area contributed by atoms with Gasteiger partial charge in [0.25, 0.3) is 5.91 Å². The Morgan fingerprint density at radius 1 is 1.17 bits per heavy atom. The van der Waals surface area contributed by atoms with Crippen LogP contribution in [0.4, 0.5) is 5.69 Å². The number of anilines is 1. The van der Waals surface area contributed by atoms with Crippen molar-refractivity contribution in [2.45, 2.75) is 32.3 Å². The molecule has 2 unspecified atom stereocenters. The molecule has 2 aromatic carbocycles. The molecular weight excluding hydrogens is 368 g/mol. The number of nitrogens with one attached hydrogen (secondary N) is 1. The van der Waals surface area contributed by atoms with Crippen molar-refractivity contribution in [1.29, 1.82) is 0 Å². The summed E-state index contributed by atoms with van der Waals surface area (Å²) in [4.78, 5) is 26.8. The fourth-order valence-electron chi connectivity index (χ4n) is 3.42. The van der Waals surface area contributed by atoms with Gasteiger partial charge in [0, 0.05) is 30.8 Å². The van der Waals surface area contributed by atoms with E-state index >= 15 is 0 Å². The molecule has 154 valence electrons. The van der Waals surface area contributed by atoms with Crippen molar-refractivity contribution in [2.24, 2.45) is 0 Å². The van der Waals surface area contributed by atoms with Gasteiger partial charge in [-0.1, -0.05) is 19.1 Å².